The number of para-hydroxylation sites is 1. The smallest absolute Gasteiger partial charge is 0.267 e. The highest BCUT2D eigenvalue weighted by molar-refractivity contribution is 7.98. The zero-order chi connectivity index (χ0) is 20.4. The number of carbonyl (C=O) groups is 1. The Labute approximate surface area is 171 Å². The Hall–Kier alpha value is -3.45. The maximum atomic E-state index is 13.2. The SMILES string of the molecule is Cc1ccc(-n2c(SCc3ccc(C(N)=O)cc3)nc3ccccc3c2=O)nc1. The Morgan fingerprint density at radius 2 is 1.83 bits per heavy atom. The Balaban J connectivity index is 1.75. The molecule has 2 aromatic heterocycles. The molecule has 0 aliphatic rings. The molecule has 4 rings (SSSR count). The van der Waals surface area contributed by atoms with Crippen LogP contribution in [0.3, 0.4) is 0 Å². The van der Waals surface area contributed by atoms with Crippen molar-refractivity contribution in [3.05, 3.63) is 93.9 Å². The van der Waals surface area contributed by atoms with Gasteiger partial charge in [0.05, 0.1) is 10.9 Å². The minimum absolute atomic E-state index is 0.154. The molecular formula is C22H18N4O2S. The van der Waals surface area contributed by atoms with E-state index in [9.17, 15) is 9.59 Å². The number of carbonyl (C=O) groups excluding carboxylic acids is 1. The number of nitrogens with zero attached hydrogens (tertiary/aromatic N) is 3. The number of rotatable bonds is 5. The molecule has 0 saturated carbocycles. The number of fused-ring (bicyclic) bond motifs is 1. The van der Waals surface area contributed by atoms with Gasteiger partial charge in [-0.05, 0) is 48.4 Å². The maximum Gasteiger partial charge on any atom is 0.267 e. The Bertz CT molecular complexity index is 1250. The molecule has 0 fully saturated rings. The van der Waals surface area contributed by atoms with E-state index in [1.165, 1.54) is 11.8 Å². The summed E-state index contributed by atoms with van der Waals surface area (Å²) in [5.74, 6) is 0.653. The molecule has 0 unspecified atom stereocenters. The Kier molecular flexibility index (Phi) is 5.14. The maximum absolute atomic E-state index is 13.2. The van der Waals surface area contributed by atoms with Crippen LogP contribution in [0.5, 0.6) is 0 Å². The second kappa shape index (κ2) is 7.89. The third-order valence-corrected chi connectivity index (χ3v) is 5.49. The molecule has 4 aromatic rings. The quantitative estimate of drug-likeness (QED) is 0.408. The van der Waals surface area contributed by atoms with Gasteiger partial charge < -0.3 is 5.73 Å². The van der Waals surface area contributed by atoms with Crippen molar-refractivity contribution >= 4 is 28.6 Å². The zero-order valence-electron chi connectivity index (χ0n) is 15.7. The van der Waals surface area contributed by atoms with Crippen LogP contribution in [-0.4, -0.2) is 20.4 Å². The molecule has 6 nitrogen and oxygen atoms in total. The molecule has 0 saturated heterocycles. The molecule has 1 amide bonds. The average molecular weight is 402 g/mol. The van der Waals surface area contributed by atoms with Crippen LogP contribution >= 0.6 is 11.8 Å². The number of aryl methyl sites for hydroxylation is 1. The number of pyridine rings is 1. The fourth-order valence-corrected chi connectivity index (χ4v) is 3.87. The molecule has 29 heavy (non-hydrogen) atoms. The van der Waals surface area contributed by atoms with E-state index in [1.54, 1.807) is 29.0 Å². The molecule has 0 aliphatic heterocycles. The molecule has 2 aromatic carbocycles. The number of aromatic nitrogens is 3. The van der Waals surface area contributed by atoms with E-state index in [0.717, 1.165) is 11.1 Å². The molecule has 2 N–H and O–H groups in total. The second-order valence-corrected chi connectivity index (χ2v) is 7.54. The standard InChI is InChI=1S/C22H18N4O2S/c1-14-6-11-19(24-12-14)26-21(28)17-4-2-3-5-18(17)25-22(26)29-13-15-7-9-16(10-8-15)20(23)27/h2-12H,13H2,1H3,(H2,23,27). The van der Waals surface area contributed by atoms with Crippen molar-refractivity contribution in [1.29, 1.82) is 0 Å². The molecule has 0 radical (unpaired) electrons. The summed E-state index contributed by atoms with van der Waals surface area (Å²) < 4.78 is 1.55. The third-order valence-electron chi connectivity index (χ3n) is 4.48. The van der Waals surface area contributed by atoms with Crippen LogP contribution in [0.15, 0.2) is 76.8 Å². The van der Waals surface area contributed by atoms with E-state index in [0.29, 0.717) is 33.2 Å². The number of nitrogens with two attached hydrogens (primary N) is 1. The van der Waals surface area contributed by atoms with Gasteiger partial charge in [0.25, 0.3) is 5.56 Å². The van der Waals surface area contributed by atoms with Gasteiger partial charge in [-0.15, -0.1) is 0 Å². The third kappa shape index (κ3) is 3.90. The highest BCUT2D eigenvalue weighted by atomic mass is 32.2. The van der Waals surface area contributed by atoms with Crippen molar-refractivity contribution in [3.63, 3.8) is 0 Å². The zero-order valence-corrected chi connectivity index (χ0v) is 16.5. The number of thioether (sulfide) groups is 1. The van der Waals surface area contributed by atoms with E-state index in [1.807, 2.05) is 49.4 Å². The van der Waals surface area contributed by atoms with Gasteiger partial charge in [-0.25, -0.2) is 14.5 Å². The van der Waals surface area contributed by atoms with Crippen molar-refractivity contribution < 1.29 is 4.79 Å². The highest BCUT2D eigenvalue weighted by Gasteiger charge is 2.14. The van der Waals surface area contributed by atoms with E-state index >= 15 is 0 Å². The van der Waals surface area contributed by atoms with Crippen LogP contribution in [0.4, 0.5) is 0 Å². The van der Waals surface area contributed by atoms with E-state index in [2.05, 4.69) is 4.98 Å². The number of hydrogen-bond donors (Lipinski definition) is 1. The Morgan fingerprint density at radius 3 is 2.52 bits per heavy atom. The lowest BCUT2D eigenvalue weighted by molar-refractivity contribution is 0.100. The predicted molar refractivity (Wildman–Crippen MR) is 114 cm³/mol. The summed E-state index contributed by atoms with van der Waals surface area (Å²) in [6.07, 6.45) is 1.73. The summed E-state index contributed by atoms with van der Waals surface area (Å²) in [7, 11) is 0. The second-order valence-electron chi connectivity index (χ2n) is 6.60. The number of hydrogen-bond acceptors (Lipinski definition) is 5. The predicted octanol–water partition coefficient (Wildman–Crippen LogP) is 3.48. The molecule has 0 spiro atoms. The lowest BCUT2D eigenvalue weighted by Gasteiger charge is -2.12. The minimum Gasteiger partial charge on any atom is -0.366 e. The summed E-state index contributed by atoms with van der Waals surface area (Å²) in [5, 5.41) is 1.11. The van der Waals surface area contributed by atoms with Crippen LogP contribution in [0.1, 0.15) is 21.5 Å². The van der Waals surface area contributed by atoms with Crippen molar-refractivity contribution in [2.75, 3.05) is 0 Å². The monoisotopic (exact) mass is 402 g/mol. The van der Waals surface area contributed by atoms with Crippen molar-refractivity contribution in [3.8, 4) is 5.82 Å². The molecular weight excluding hydrogens is 384 g/mol. The lowest BCUT2D eigenvalue weighted by Crippen LogP contribution is -2.22. The summed E-state index contributed by atoms with van der Waals surface area (Å²) in [6, 6.07) is 18.1. The van der Waals surface area contributed by atoms with Gasteiger partial charge in [0.1, 0.15) is 5.82 Å². The summed E-state index contributed by atoms with van der Waals surface area (Å²) in [6.45, 7) is 1.95. The van der Waals surface area contributed by atoms with Crippen LogP contribution in [-0.2, 0) is 5.75 Å². The molecule has 2 heterocycles. The first kappa shape index (κ1) is 18.9. The topological polar surface area (TPSA) is 90.9 Å². The van der Waals surface area contributed by atoms with Gasteiger partial charge in [0.15, 0.2) is 5.16 Å². The lowest BCUT2D eigenvalue weighted by atomic mass is 10.1. The van der Waals surface area contributed by atoms with Gasteiger partial charge in [-0.3, -0.25) is 9.59 Å². The van der Waals surface area contributed by atoms with Crippen LogP contribution in [0.2, 0.25) is 0 Å². The van der Waals surface area contributed by atoms with Crippen molar-refractivity contribution in [2.24, 2.45) is 5.73 Å². The Morgan fingerprint density at radius 1 is 1.07 bits per heavy atom. The molecule has 0 aliphatic carbocycles. The van der Waals surface area contributed by atoms with Gasteiger partial charge >= 0.3 is 0 Å². The van der Waals surface area contributed by atoms with Crippen LogP contribution in [0, 0.1) is 6.92 Å². The normalized spacial score (nSPS) is 10.9. The number of benzene rings is 2. The molecule has 144 valence electrons. The molecule has 7 heteroatoms. The summed E-state index contributed by atoms with van der Waals surface area (Å²) >= 11 is 1.44. The van der Waals surface area contributed by atoms with Crippen LogP contribution < -0.4 is 11.3 Å². The fraction of sp³-hybridized carbons (Fsp3) is 0.0909. The van der Waals surface area contributed by atoms with Crippen LogP contribution in [0.25, 0.3) is 16.7 Å². The molecule has 0 bridgehead atoms. The van der Waals surface area contributed by atoms with Gasteiger partial charge in [-0.2, -0.15) is 0 Å². The number of primary amides is 1. The van der Waals surface area contributed by atoms with Crippen molar-refractivity contribution in [1.82, 2.24) is 14.5 Å². The first-order chi connectivity index (χ1) is 14.0. The highest BCUT2D eigenvalue weighted by Crippen LogP contribution is 2.24. The first-order valence-electron chi connectivity index (χ1n) is 8.99. The number of amides is 1. The van der Waals surface area contributed by atoms with Gasteiger partial charge in [0, 0.05) is 17.5 Å². The largest absolute Gasteiger partial charge is 0.366 e. The minimum atomic E-state index is -0.459. The van der Waals surface area contributed by atoms with Crippen molar-refractivity contribution in [2.45, 2.75) is 17.8 Å². The summed E-state index contributed by atoms with van der Waals surface area (Å²) in [5.41, 5.74) is 8.25. The van der Waals surface area contributed by atoms with E-state index in [-0.39, 0.29) is 5.56 Å². The van der Waals surface area contributed by atoms with Gasteiger partial charge in [0.2, 0.25) is 5.91 Å². The fourth-order valence-electron chi connectivity index (χ4n) is 2.92. The van der Waals surface area contributed by atoms with Gasteiger partial charge in [-0.1, -0.05) is 42.1 Å². The van der Waals surface area contributed by atoms with E-state index < -0.39 is 5.91 Å². The summed E-state index contributed by atoms with van der Waals surface area (Å²) in [4.78, 5) is 33.6. The first-order valence-corrected chi connectivity index (χ1v) is 9.98. The van der Waals surface area contributed by atoms with E-state index in [4.69, 9.17) is 10.7 Å². The molecule has 0 atom stereocenters. The average Bonchev–Trinajstić information content (AvgIpc) is 2.73.